The van der Waals surface area contributed by atoms with Crippen molar-refractivity contribution in [2.75, 3.05) is 13.1 Å². The number of alkyl halides is 3. The highest BCUT2D eigenvalue weighted by atomic mass is 19.4. The van der Waals surface area contributed by atoms with Crippen LogP contribution in [0.3, 0.4) is 0 Å². The first-order valence-corrected chi connectivity index (χ1v) is 10.1. The minimum atomic E-state index is -4.48. The molecule has 6 nitrogen and oxygen atoms in total. The summed E-state index contributed by atoms with van der Waals surface area (Å²) in [5, 5.41) is 9.54. The van der Waals surface area contributed by atoms with Crippen molar-refractivity contribution in [1.82, 2.24) is 9.88 Å². The highest BCUT2D eigenvalue weighted by Crippen LogP contribution is 2.41. The second-order valence-electron chi connectivity index (χ2n) is 7.79. The van der Waals surface area contributed by atoms with Crippen LogP contribution in [0.2, 0.25) is 0 Å². The number of hydrogen-bond donors (Lipinski definition) is 1. The molecule has 2 heterocycles. The number of carboxylic acids is 1. The number of carbonyl (C=O) groups is 1. The summed E-state index contributed by atoms with van der Waals surface area (Å²) in [6.45, 7) is 0.952. The zero-order valence-electron chi connectivity index (χ0n) is 16.7. The van der Waals surface area contributed by atoms with Crippen molar-refractivity contribution in [2.45, 2.75) is 43.5 Å². The number of aromatic nitrogens is 1. The zero-order chi connectivity index (χ0) is 22.1. The molecule has 0 unspecified atom stereocenters. The van der Waals surface area contributed by atoms with Gasteiger partial charge < -0.3 is 14.7 Å². The lowest BCUT2D eigenvalue weighted by molar-refractivity contribution is -0.140. The number of rotatable bonds is 5. The number of carboxylic acid groups (broad SMARTS) is 1. The molecule has 0 bridgehead atoms. The molecule has 0 amide bonds. The molecule has 1 aliphatic heterocycles. The predicted octanol–water partition coefficient (Wildman–Crippen LogP) is 4.01. The van der Waals surface area contributed by atoms with E-state index in [4.69, 9.17) is 4.74 Å². The first kappa shape index (κ1) is 21.1. The van der Waals surface area contributed by atoms with E-state index in [-0.39, 0.29) is 11.9 Å². The van der Waals surface area contributed by atoms with Crippen molar-refractivity contribution >= 4 is 11.8 Å². The van der Waals surface area contributed by atoms with Gasteiger partial charge in [-0.25, -0.2) is 9.79 Å². The Morgan fingerprint density at radius 3 is 2.39 bits per heavy atom. The van der Waals surface area contributed by atoms with E-state index in [0.29, 0.717) is 50.3 Å². The average molecular weight is 433 g/mol. The van der Waals surface area contributed by atoms with Gasteiger partial charge in [0.25, 0.3) is 0 Å². The molecule has 1 aromatic carbocycles. The summed E-state index contributed by atoms with van der Waals surface area (Å²) in [5.74, 6) is -0.618. The Balaban J connectivity index is 1.49. The number of aliphatic carboxylic acids is 1. The van der Waals surface area contributed by atoms with Crippen LogP contribution in [0.5, 0.6) is 5.75 Å². The number of halogens is 3. The third kappa shape index (κ3) is 4.65. The quantitative estimate of drug-likeness (QED) is 0.570. The van der Waals surface area contributed by atoms with Gasteiger partial charge in [0.15, 0.2) is 11.4 Å². The van der Waals surface area contributed by atoms with E-state index in [2.05, 4.69) is 9.98 Å². The summed E-state index contributed by atoms with van der Waals surface area (Å²) in [5.41, 5.74) is -1.31. The number of ether oxygens (including phenoxy) is 1. The molecule has 2 fully saturated rings. The Bertz CT molecular complexity index is 967. The molecule has 0 radical (unpaired) electrons. The number of amidine groups is 1. The highest BCUT2D eigenvalue weighted by molar-refractivity contribution is 5.99. The van der Waals surface area contributed by atoms with Crippen molar-refractivity contribution in [3.05, 3.63) is 59.9 Å². The number of likely N-dealkylation sites (tertiary alicyclic amines) is 1. The van der Waals surface area contributed by atoms with E-state index in [1.807, 2.05) is 11.0 Å². The molecule has 0 atom stereocenters. The van der Waals surface area contributed by atoms with Gasteiger partial charge in [0.05, 0.1) is 5.56 Å². The molecular weight excluding hydrogens is 411 g/mol. The molecule has 1 N–H and O–H groups in total. The van der Waals surface area contributed by atoms with Crippen LogP contribution in [0.25, 0.3) is 0 Å². The maximum atomic E-state index is 13.2. The van der Waals surface area contributed by atoms with Crippen LogP contribution < -0.4 is 4.74 Å². The van der Waals surface area contributed by atoms with Gasteiger partial charge in [-0.15, -0.1) is 0 Å². The molecule has 2 aromatic rings. The van der Waals surface area contributed by atoms with E-state index in [0.717, 1.165) is 6.07 Å². The summed E-state index contributed by atoms with van der Waals surface area (Å²) >= 11 is 0. The zero-order valence-corrected chi connectivity index (χ0v) is 16.7. The van der Waals surface area contributed by atoms with Crippen molar-refractivity contribution in [1.29, 1.82) is 0 Å². The Labute approximate surface area is 177 Å². The molecule has 1 aliphatic carbocycles. The Kier molecular flexibility index (Phi) is 5.60. The SMILES string of the molecule is O=C(O)C1(/N=C(\c2ccccn2)N2CCC(Oc3ccccc3C(F)(F)F)CC2)CC1. The second kappa shape index (κ2) is 8.20. The molecule has 2 aliphatic rings. The van der Waals surface area contributed by atoms with E-state index < -0.39 is 23.2 Å². The smallest absolute Gasteiger partial charge is 0.419 e. The van der Waals surface area contributed by atoms with Crippen LogP contribution in [-0.2, 0) is 11.0 Å². The van der Waals surface area contributed by atoms with Crippen LogP contribution in [0.1, 0.15) is 36.9 Å². The number of para-hydroxylation sites is 1. The van der Waals surface area contributed by atoms with E-state index in [9.17, 15) is 23.1 Å². The summed E-state index contributed by atoms with van der Waals surface area (Å²) < 4.78 is 45.4. The number of piperidine rings is 1. The van der Waals surface area contributed by atoms with E-state index >= 15 is 0 Å². The van der Waals surface area contributed by atoms with Crippen molar-refractivity contribution < 1.29 is 27.8 Å². The monoisotopic (exact) mass is 433 g/mol. The van der Waals surface area contributed by atoms with Crippen LogP contribution in [-0.4, -0.2) is 51.5 Å². The third-order valence-corrected chi connectivity index (χ3v) is 5.56. The lowest BCUT2D eigenvalue weighted by Gasteiger charge is -2.34. The maximum absolute atomic E-state index is 13.2. The van der Waals surface area contributed by atoms with Gasteiger partial charge in [0.2, 0.25) is 0 Å². The molecule has 0 spiro atoms. The lowest BCUT2D eigenvalue weighted by Crippen LogP contribution is -2.43. The van der Waals surface area contributed by atoms with Crippen LogP contribution in [0.15, 0.2) is 53.7 Å². The number of nitrogens with zero attached hydrogens (tertiary/aromatic N) is 3. The Hall–Kier alpha value is -3.10. The van der Waals surface area contributed by atoms with Gasteiger partial charge in [-0.1, -0.05) is 18.2 Å². The van der Waals surface area contributed by atoms with E-state index in [1.54, 1.807) is 18.3 Å². The summed E-state index contributed by atoms with van der Waals surface area (Å²) in [7, 11) is 0. The molecular formula is C22H22F3N3O3. The fourth-order valence-corrected chi connectivity index (χ4v) is 3.65. The molecule has 4 rings (SSSR count). The first-order chi connectivity index (χ1) is 14.8. The molecule has 1 aromatic heterocycles. The van der Waals surface area contributed by atoms with Gasteiger partial charge in [0.1, 0.15) is 17.5 Å². The molecule has 1 saturated heterocycles. The first-order valence-electron chi connectivity index (χ1n) is 10.1. The minimum Gasteiger partial charge on any atom is -0.490 e. The lowest BCUT2D eigenvalue weighted by atomic mass is 10.1. The van der Waals surface area contributed by atoms with Gasteiger partial charge in [-0.05, 0) is 37.1 Å². The molecule has 164 valence electrons. The maximum Gasteiger partial charge on any atom is 0.419 e. The fraction of sp³-hybridized carbons (Fsp3) is 0.409. The highest BCUT2D eigenvalue weighted by Gasteiger charge is 2.51. The minimum absolute atomic E-state index is 0.171. The number of hydrogen-bond acceptors (Lipinski definition) is 4. The van der Waals surface area contributed by atoms with Crippen molar-refractivity contribution in [3.8, 4) is 5.75 Å². The Morgan fingerprint density at radius 1 is 1.13 bits per heavy atom. The normalized spacial score (nSPS) is 19.2. The molecule has 1 saturated carbocycles. The van der Waals surface area contributed by atoms with Crippen molar-refractivity contribution in [3.63, 3.8) is 0 Å². The van der Waals surface area contributed by atoms with Gasteiger partial charge in [-0.2, -0.15) is 13.2 Å². The standard InChI is InChI=1S/C22H22F3N3O3/c23-22(24,25)16-5-1-2-7-18(16)31-15-8-13-28(14-9-15)19(17-6-3-4-12-26-17)27-21(10-11-21)20(29)30/h1-7,12,15H,8-11,13-14H2,(H,29,30)/b27-19+. The number of aliphatic imine (C=N–C) groups is 1. The van der Waals surface area contributed by atoms with Crippen LogP contribution in [0.4, 0.5) is 13.2 Å². The van der Waals surface area contributed by atoms with Gasteiger partial charge >= 0.3 is 12.1 Å². The fourth-order valence-electron chi connectivity index (χ4n) is 3.65. The summed E-state index contributed by atoms with van der Waals surface area (Å²) in [6, 6.07) is 10.6. The second-order valence-corrected chi connectivity index (χ2v) is 7.79. The molecule has 9 heteroatoms. The Morgan fingerprint density at radius 2 is 1.81 bits per heavy atom. The predicted molar refractivity (Wildman–Crippen MR) is 107 cm³/mol. The van der Waals surface area contributed by atoms with Crippen LogP contribution >= 0.6 is 0 Å². The number of pyridine rings is 1. The van der Waals surface area contributed by atoms with E-state index in [1.165, 1.54) is 18.2 Å². The summed E-state index contributed by atoms with van der Waals surface area (Å²) in [4.78, 5) is 22.5. The average Bonchev–Trinajstić information content (AvgIpc) is 3.54. The van der Waals surface area contributed by atoms with Crippen molar-refractivity contribution in [2.24, 2.45) is 4.99 Å². The largest absolute Gasteiger partial charge is 0.490 e. The van der Waals surface area contributed by atoms with Crippen LogP contribution in [0, 0.1) is 0 Å². The third-order valence-electron chi connectivity index (χ3n) is 5.56. The topological polar surface area (TPSA) is 75.0 Å². The van der Waals surface area contributed by atoms with Gasteiger partial charge in [0, 0.05) is 32.1 Å². The van der Waals surface area contributed by atoms with Gasteiger partial charge in [-0.3, -0.25) is 4.98 Å². The number of benzene rings is 1. The summed E-state index contributed by atoms with van der Waals surface area (Å²) in [6.07, 6.45) is -1.31. The molecule has 31 heavy (non-hydrogen) atoms.